The largest absolute Gasteiger partial charge is 0.494 e. The fraction of sp³-hybridized carbons (Fsp3) is 0.435. The summed E-state index contributed by atoms with van der Waals surface area (Å²) >= 11 is 6.02. The molecule has 0 radical (unpaired) electrons. The summed E-state index contributed by atoms with van der Waals surface area (Å²) in [4.78, 5) is 17.0. The molecule has 1 N–H and O–H groups in total. The van der Waals surface area contributed by atoms with E-state index in [4.69, 9.17) is 16.3 Å². The average Bonchev–Trinajstić information content (AvgIpc) is 2.73. The third-order valence-corrected chi connectivity index (χ3v) is 5.68. The van der Waals surface area contributed by atoms with Crippen molar-refractivity contribution in [1.82, 2.24) is 10.2 Å². The normalized spacial score (nSPS) is 14.7. The number of hydrogen-bond donors (Lipinski definition) is 1. The lowest BCUT2D eigenvalue weighted by molar-refractivity contribution is -0.121. The molecule has 29 heavy (non-hydrogen) atoms. The number of halogens is 1. The van der Waals surface area contributed by atoms with Crippen molar-refractivity contribution in [3.63, 3.8) is 0 Å². The summed E-state index contributed by atoms with van der Waals surface area (Å²) < 4.78 is 5.71. The maximum Gasteiger partial charge on any atom is 0.220 e. The first kappa shape index (κ1) is 21.5. The maximum atomic E-state index is 12.3. The van der Waals surface area contributed by atoms with E-state index in [0.717, 1.165) is 42.5 Å². The van der Waals surface area contributed by atoms with Crippen LogP contribution in [0.5, 0.6) is 5.75 Å². The van der Waals surface area contributed by atoms with E-state index < -0.39 is 0 Å². The zero-order valence-electron chi connectivity index (χ0n) is 17.3. The van der Waals surface area contributed by atoms with Crippen LogP contribution in [0.3, 0.4) is 0 Å². The van der Waals surface area contributed by atoms with Crippen LogP contribution in [0.15, 0.2) is 42.5 Å². The van der Waals surface area contributed by atoms with Crippen LogP contribution in [-0.4, -0.2) is 50.6 Å². The van der Waals surface area contributed by atoms with Gasteiger partial charge in [-0.3, -0.25) is 4.79 Å². The molecule has 3 rings (SSSR count). The Morgan fingerprint density at radius 1 is 1.14 bits per heavy atom. The monoisotopic (exact) mass is 415 g/mol. The Morgan fingerprint density at radius 3 is 2.66 bits per heavy atom. The highest BCUT2D eigenvalue weighted by molar-refractivity contribution is 6.31. The van der Waals surface area contributed by atoms with Crippen molar-refractivity contribution in [2.75, 3.05) is 44.7 Å². The molecule has 0 aliphatic carbocycles. The molecule has 1 aliphatic rings. The van der Waals surface area contributed by atoms with Gasteiger partial charge in [-0.1, -0.05) is 29.8 Å². The summed E-state index contributed by atoms with van der Waals surface area (Å²) in [5.41, 5.74) is 3.38. The average molecular weight is 416 g/mol. The number of benzene rings is 2. The van der Waals surface area contributed by atoms with E-state index in [9.17, 15) is 4.79 Å². The Balaban J connectivity index is 1.42. The number of para-hydroxylation sites is 1. The SMILES string of the molecule is Cc1cc(OCCCC(=O)NCc2ccccc2N2CCN(C)CC2)ccc1Cl. The number of rotatable bonds is 8. The van der Waals surface area contributed by atoms with Gasteiger partial charge in [0.1, 0.15) is 5.75 Å². The molecule has 1 heterocycles. The van der Waals surface area contributed by atoms with E-state index in [-0.39, 0.29) is 5.91 Å². The number of hydrogen-bond acceptors (Lipinski definition) is 4. The Labute approximate surface area is 178 Å². The third-order valence-electron chi connectivity index (χ3n) is 5.26. The molecular weight excluding hydrogens is 386 g/mol. The Hall–Kier alpha value is -2.24. The van der Waals surface area contributed by atoms with Crippen molar-refractivity contribution in [2.24, 2.45) is 0 Å². The Bertz CT molecular complexity index is 820. The molecule has 2 aromatic rings. The van der Waals surface area contributed by atoms with E-state index >= 15 is 0 Å². The lowest BCUT2D eigenvalue weighted by Gasteiger charge is -2.35. The minimum absolute atomic E-state index is 0.0501. The summed E-state index contributed by atoms with van der Waals surface area (Å²) in [7, 11) is 2.15. The summed E-state index contributed by atoms with van der Waals surface area (Å²) in [5, 5.41) is 3.78. The van der Waals surface area contributed by atoms with Crippen LogP contribution < -0.4 is 15.0 Å². The fourth-order valence-electron chi connectivity index (χ4n) is 3.43. The van der Waals surface area contributed by atoms with Crippen LogP contribution in [0, 0.1) is 6.92 Å². The van der Waals surface area contributed by atoms with Gasteiger partial charge in [0.2, 0.25) is 5.91 Å². The number of nitrogens with one attached hydrogen (secondary N) is 1. The van der Waals surface area contributed by atoms with Gasteiger partial charge in [-0.05, 0) is 55.8 Å². The van der Waals surface area contributed by atoms with E-state index in [1.54, 1.807) is 0 Å². The highest BCUT2D eigenvalue weighted by Crippen LogP contribution is 2.22. The quantitative estimate of drug-likeness (QED) is 0.664. The van der Waals surface area contributed by atoms with Gasteiger partial charge in [0.15, 0.2) is 0 Å². The van der Waals surface area contributed by atoms with Crippen molar-refractivity contribution >= 4 is 23.2 Å². The van der Waals surface area contributed by atoms with Gasteiger partial charge in [-0.25, -0.2) is 0 Å². The van der Waals surface area contributed by atoms with Gasteiger partial charge >= 0.3 is 0 Å². The van der Waals surface area contributed by atoms with E-state index in [1.165, 1.54) is 11.3 Å². The van der Waals surface area contributed by atoms with Gasteiger partial charge < -0.3 is 19.9 Å². The highest BCUT2D eigenvalue weighted by atomic mass is 35.5. The predicted molar refractivity (Wildman–Crippen MR) is 119 cm³/mol. The van der Waals surface area contributed by atoms with Crippen molar-refractivity contribution < 1.29 is 9.53 Å². The molecule has 1 saturated heterocycles. The summed E-state index contributed by atoms with van der Waals surface area (Å²) in [6.45, 7) is 7.17. The van der Waals surface area contributed by atoms with Crippen molar-refractivity contribution in [3.05, 3.63) is 58.6 Å². The number of nitrogens with zero attached hydrogens (tertiary/aromatic N) is 2. The van der Waals surface area contributed by atoms with Crippen molar-refractivity contribution in [3.8, 4) is 5.75 Å². The van der Waals surface area contributed by atoms with Crippen LogP contribution >= 0.6 is 11.6 Å². The topological polar surface area (TPSA) is 44.8 Å². The van der Waals surface area contributed by atoms with E-state index in [0.29, 0.717) is 26.0 Å². The number of ether oxygens (including phenoxy) is 1. The van der Waals surface area contributed by atoms with Crippen LogP contribution in [0.2, 0.25) is 5.02 Å². The van der Waals surface area contributed by atoms with Crippen LogP contribution in [0.25, 0.3) is 0 Å². The number of likely N-dealkylation sites (N-methyl/N-ethyl adjacent to an activating group) is 1. The summed E-state index contributed by atoms with van der Waals surface area (Å²) in [5.74, 6) is 0.836. The van der Waals surface area contributed by atoms with Gasteiger partial charge in [0.05, 0.1) is 6.61 Å². The second-order valence-electron chi connectivity index (χ2n) is 7.56. The maximum absolute atomic E-state index is 12.3. The summed E-state index contributed by atoms with van der Waals surface area (Å²) in [6, 6.07) is 13.9. The van der Waals surface area contributed by atoms with Gasteiger partial charge in [0, 0.05) is 49.9 Å². The zero-order chi connectivity index (χ0) is 20.6. The van der Waals surface area contributed by atoms with Crippen molar-refractivity contribution in [2.45, 2.75) is 26.3 Å². The first-order chi connectivity index (χ1) is 14.0. The molecule has 0 bridgehead atoms. The second-order valence-corrected chi connectivity index (χ2v) is 7.97. The lowest BCUT2D eigenvalue weighted by Crippen LogP contribution is -2.45. The minimum Gasteiger partial charge on any atom is -0.494 e. The number of anilines is 1. The molecule has 0 saturated carbocycles. The predicted octanol–water partition coefficient (Wildman–Crippen LogP) is 3.88. The molecule has 0 spiro atoms. The molecular formula is C23H30ClN3O2. The molecule has 2 aromatic carbocycles. The van der Waals surface area contributed by atoms with Gasteiger partial charge in [-0.15, -0.1) is 0 Å². The molecule has 0 atom stereocenters. The molecule has 1 fully saturated rings. The van der Waals surface area contributed by atoms with E-state index in [2.05, 4.69) is 40.4 Å². The number of piperazine rings is 1. The van der Waals surface area contributed by atoms with Crippen molar-refractivity contribution in [1.29, 1.82) is 0 Å². The molecule has 6 heteroatoms. The molecule has 1 aliphatic heterocycles. The molecule has 0 unspecified atom stereocenters. The number of aryl methyl sites for hydroxylation is 1. The first-order valence-corrected chi connectivity index (χ1v) is 10.6. The van der Waals surface area contributed by atoms with E-state index in [1.807, 2.05) is 31.2 Å². The van der Waals surface area contributed by atoms with Gasteiger partial charge in [-0.2, -0.15) is 0 Å². The second kappa shape index (κ2) is 10.5. The fourth-order valence-corrected chi connectivity index (χ4v) is 3.55. The zero-order valence-corrected chi connectivity index (χ0v) is 18.0. The third kappa shape index (κ3) is 6.38. The van der Waals surface area contributed by atoms with Crippen LogP contribution in [0.1, 0.15) is 24.0 Å². The number of carbonyl (C=O) groups excluding carboxylic acids is 1. The van der Waals surface area contributed by atoms with Crippen LogP contribution in [-0.2, 0) is 11.3 Å². The first-order valence-electron chi connectivity index (χ1n) is 10.2. The van der Waals surface area contributed by atoms with Crippen LogP contribution in [0.4, 0.5) is 5.69 Å². The molecule has 156 valence electrons. The molecule has 1 amide bonds. The highest BCUT2D eigenvalue weighted by Gasteiger charge is 2.16. The lowest BCUT2D eigenvalue weighted by atomic mass is 10.1. The smallest absolute Gasteiger partial charge is 0.220 e. The summed E-state index contributed by atoms with van der Waals surface area (Å²) in [6.07, 6.45) is 1.12. The Kier molecular flexibility index (Phi) is 7.78. The standard InChI is InChI=1S/C23H30ClN3O2/c1-18-16-20(9-10-21(18)24)29-15-5-8-23(28)25-17-19-6-3-4-7-22(19)27-13-11-26(2)12-14-27/h3-4,6-7,9-10,16H,5,8,11-15,17H2,1-2H3,(H,25,28). The minimum atomic E-state index is 0.0501. The number of carbonyl (C=O) groups is 1. The Morgan fingerprint density at radius 2 is 1.90 bits per heavy atom. The molecule has 0 aromatic heterocycles. The van der Waals surface area contributed by atoms with Gasteiger partial charge in [0.25, 0.3) is 0 Å². The number of amides is 1. The molecule has 5 nitrogen and oxygen atoms in total.